The Hall–Kier alpha value is -2.82. The van der Waals surface area contributed by atoms with E-state index in [9.17, 15) is 9.59 Å². The number of carbonyl (C=O) groups is 2. The first-order valence-corrected chi connectivity index (χ1v) is 10.7. The second-order valence-corrected chi connectivity index (χ2v) is 8.11. The van der Waals surface area contributed by atoms with Gasteiger partial charge in [0.2, 0.25) is 5.91 Å². The summed E-state index contributed by atoms with van der Waals surface area (Å²) in [6, 6.07) is 16.9. The molecule has 2 amide bonds. The monoisotopic (exact) mass is 567 g/mol. The minimum atomic E-state index is -0.538. The lowest BCUT2D eigenvalue weighted by Gasteiger charge is -2.19. The van der Waals surface area contributed by atoms with Gasteiger partial charge in [-0.2, -0.15) is 0 Å². The predicted molar refractivity (Wildman–Crippen MR) is 144 cm³/mol. The molecule has 0 aliphatic rings. The fraction of sp³-hybridized carbons (Fsp3) is 0.375. The summed E-state index contributed by atoms with van der Waals surface area (Å²) in [4.78, 5) is 28.3. The molecule has 0 heterocycles. The Labute approximate surface area is 213 Å². The molecule has 0 aromatic heterocycles. The maximum absolute atomic E-state index is 12.1. The summed E-state index contributed by atoms with van der Waals surface area (Å²) in [5.41, 5.74) is 1.99. The van der Waals surface area contributed by atoms with E-state index >= 15 is 0 Å². The number of aliphatic imine (C=N–C) groups is 1. The average molecular weight is 567 g/mol. The van der Waals surface area contributed by atoms with Crippen LogP contribution in [0.2, 0.25) is 0 Å². The number of halogens is 1. The SMILES string of the molecule is CCNC(=NCC(=O)Nc1ccccc1)NCCc1ccc(NC(=O)OC(C)(C)C)cc1.I. The van der Waals surface area contributed by atoms with E-state index in [4.69, 9.17) is 4.74 Å². The maximum atomic E-state index is 12.1. The zero-order valence-corrected chi connectivity index (χ0v) is 21.9. The number of ether oxygens (including phenoxy) is 1. The molecule has 9 heteroatoms. The highest BCUT2D eigenvalue weighted by Crippen LogP contribution is 2.13. The summed E-state index contributed by atoms with van der Waals surface area (Å²) in [5.74, 6) is 0.403. The second kappa shape index (κ2) is 14.4. The van der Waals surface area contributed by atoms with Gasteiger partial charge in [-0.25, -0.2) is 9.79 Å². The van der Waals surface area contributed by atoms with E-state index < -0.39 is 11.7 Å². The van der Waals surface area contributed by atoms with E-state index in [0.717, 1.165) is 17.7 Å². The van der Waals surface area contributed by atoms with Gasteiger partial charge in [-0.05, 0) is 63.9 Å². The van der Waals surface area contributed by atoms with Crippen molar-refractivity contribution in [3.05, 3.63) is 60.2 Å². The number of hydrogen-bond donors (Lipinski definition) is 4. The highest BCUT2D eigenvalue weighted by molar-refractivity contribution is 14.0. The van der Waals surface area contributed by atoms with Crippen LogP contribution in [0, 0.1) is 0 Å². The molecule has 0 spiro atoms. The third-order valence-electron chi connectivity index (χ3n) is 4.09. The second-order valence-electron chi connectivity index (χ2n) is 8.11. The number of hydrogen-bond acceptors (Lipinski definition) is 4. The first-order valence-electron chi connectivity index (χ1n) is 10.7. The van der Waals surface area contributed by atoms with Crippen molar-refractivity contribution < 1.29 is 14.3 Å². The normalized spacial score (nSPS) is 11.1. The van der Waals surface area contributed by atoms with Crippen LogP contribution in [-0.2, 0) is 16.0 Å². The number of nitrogens with zero attached hydrogens (tertiary/aromatic N) is 1. The van der Waals surface area contributed by atoms with Gasteiger partial charge in [-0.3, -0.25) is 10.1 Å². The Kier molecular flexibility index (Phi) is 12.3. The van der Waals surface area contributed by atoms with Gasteiger partial charge < -0.3 is 20.7 Å². The quantitative estimate of drug-likeness (QED) is 0.215. The molecular formula is C24H34IN5O3. The fourth-order valence-electron chi connectivity index (χ4n) is 2.72. The average Bonchev–Trinajstić information content (AvgIpc) is 2.72. The molecule has 2 aromatic rings. The maximum Gasteiger partial charge on any atom is 0.412 e. The molecule has 8 nitrogen and oxygen atoms in total. The summed E-state index contributed by atoms with van der Waals surface area (Å²) in [6.45, 7) is 8.80. The highest BCUT2D eigenvalue weighted by Gasteiger charge is 2.16. The predicted octanol–water partition coefficient (Wildman–Crippen LogP) is 4.39. The van der Waals surface area contributed by atoms with Crippen molar-refractivity contribution >= 4 is 53.3 Å². The number of benzene rings is 2. The van der Waals surface area contributed by atoms with Crippen LogP contribution in [0.25, 0.3) is 0 Å². The van der Waals surface area contributed by atoms with E-state index in [1.54, 1.807) is 0 Å². The van der Waals surface area contributed by atoms with Crippen LogP contribution in [0.5, 0.6) is 0 Å². The molecule has 0 radical (unpaired) electrons. The number of nitrogens with one attached hydrogen (secondary N) is 4. The zero-order chi connectivity index (χ0) is 23.4. The Morgan fingerprint density at radius 3 is 2.15 bits per heavy atom. The van der Waals surface area contributed by atoms with Gasteiger partial charge >= 0.3 is 6.09 Å². The molecule has 0 bridgehead atoms. The van der Waals surface area contributed by atoms with Crippen molar-refractivity contribution in [3.8, 4) is 0 Å². The summed E-state index contributed by atoms with van der Waals surface area (Å²) in [7, 11) is 0. The van der Waals surface area contributed by atoms with Crippen molar-refractivity contribution in [2.24, 2.45) is 4.99 Å². The van der Waals surface area contributed by atoms with Gasteiger partial charge in [0.05, 0.1) is 0 Å². The number of amides is 2. The molecular weight excluding hydrogens is 533 g/mol. The van der Waals surface area contributed by atoms with Crippen LogP contribution in [0.15, 0.2) is 59.6 Å². The van der Waals surface area contributed by atoms with Gasteiger partial charge in [-0.15, -0.1) is 24.0 Å². The third kappa shape index (κ3) is 12.1. The lowest BCUT2D eigenvalue weighted by Crippen LogP contribution is -2.39. The van der Waals surface area contributed by atoms with Gasteiger partial charge in [-0.1, -0.05) is 30.3 Å². The molecule has 0 saturated carbocycles. The van der Waals surface area contributed by atoms with E-state index in [1.165, 1.54) is 0 Å². The standard InChI is InChI=1S/C24H33N5O3.HI/c1-5-25-22(27-17-21(30)28-19-9-7-6-8-10-19)26-16-15-18-11-13-20(14-12-18)29-23(31)32-24(2,3)4;/h6-14H,5,15-17H2,1-4H3,(H,28,30)(H,29,31)(H2,25,26,27);1H. The minimum absolute atomic E-state index is 0. The molecule has 0 fully saturated rings. The Morgan fingerprint density at radius 1 is 0.909 bits per heavy atom. The van der Waals surface area contributed by atoms with E-state index in [2.05, 4.69) is 26.3 Å². The minimum Gasteiger partial charge on any atom is -0.444 e. The van der Waals surface area contributed by atoms with Crippen molar-refractivity contribution in [1.29, 1.82) is 0 Å². The van der Waals surface area contributed by atoms with Crippen LogP contribution < -0.4 is 21.3 Å². The molecule has 2 rings (SSSR count). The van der Waals surface area contributed by atoms with Crippen LogP contribution in [0.4, 0.5) is 16.2 Å². The highest BCUT2D eigenvalue weighted by atomic mass is 127. The molecule has 0 aliphatic heterocycles. The topological polar surface area (TPSA) is 104 Å². The number of rotatable bonds is 8. The number of anilines is 2. The Bertz CT molecular complexity index is 897. The molecule has 0 aliphatic carbocycles. The Balaban J connectivity index is 0.00000544. The van der Waals surface area contributed by atoms with Crippen molar-refractivity contribution in [3.63, 3.8) is 0 Å². The Morgan fingerprint density at radius 2 is 1.55 bits per heavy atom. The zero-order valence-electron chi connectivity index (χ0n) is 19.6. The van der Waals surface area contributed by atoms with Gasteiger partial charge in [0.15, 0.2) is 5.96 Å². The molecule has 2 aromatic carbocycles. The van der Waals surface area contributed by atoms with Crippen molar-refractivity contribution in [2.75, 3.05) is 30.3 Å². The van der Waals surface area contributed by atoms with Crippen molar-refractivity contribution in [2.45, 2.75) is 39.7 Å². The molecule has 0 saturated heterocycles. The molecule has 4 N–H and O–H groups in total. The summed E-state index contributed by atoms with van der Waals surface area (Å²) in [6.07, 6.45) is 0.280. The molecule has 180 valence electrons. The van der Waals surface area contributed by atoms with Crippen LogP contribution in [0.3, 0.4) is 0 Å². The largest absolute Gasteiger partial charge is 0.444 e. The first kappa shape index (κ1) is 28.2. The summed E-state index contributed by atoms with van der Waals surface area (Å²) < 4.78 is 5.25. The van der Waals surface area contributed by atoms with Gasteiger partial charge in [0.25, 0.3) is 0 Å². The fourth-order valence-corrected chi connectivity index (χ4v) is 2.72. The van der Waals surface area contributed by atoms with Gasteiger partial charge in [0.1, 0.15) is 12.1 Å². The number of carbonyl (C=O) groups excluding carboxylic acids is 2. The number of guanidine groups is 1. The first-order chi connectivity index (χ1) is 15.2. The van der Waals surface area contributed by atoms with Crippen LogP contribution in [0.1, 0.15) is 33.3 Å². The van der Waals surface area contributed by atoms with Crippen LogP contribution in [-0.4, -0.2) is 43.2 Å². The molecule has 33 heavy (non-hydrogen) atoms. The third-order valence-corrected chi connectivity index (χ3v) is 4.09. The number of para-hydroxylation sites is 1. The van der Waals surface area contributed by atoms with Crippen LogP contribution >= 0.6 is 24.0 Å². The molecule has 0 atom stereocenters. The lowest BCUT2D eigenvalue weighted by atomic mass is 10.1. The smallest absolute Gasteiger partial charge is 0.412 e. The molecule has 0 unspecified atom stereocenters. The summed E-state index contributed by atoms with van der Waals surface area (Å²) in [5, 5.41) is 11.9. The van der Waals surface area contributed by atoms with E-state index in [0.29, 0.717) is 24.7 Å². The lowest BCUT2D eigenvalue weighted by molar-refractivity contribution is -0.114. The van der Waals surface area contributed by atoms with Gasteiger partial charge in [0, 0.05) is 24.5 Å². The van der Waals surface area contributed by atoms with Crippen molar-refractivity contribution in [1.82, 2.24) is 10.6 Å². The van der Waals surface area contributed by atoms with E-state index in [1.807, 2.05) is 82.3 Å². The van der Waals surface area contributed by atoms with E-state index in [-0.39, 0.29) is 36.4 Å². The summed E-state index contributed by atoms with van der Waals surface area (Å²) >= 11 is 0.